The number of nitrogens with two attached hydrogens (primary N) is 1. The van der Waals surface area contributed by atoms with Crippen molar-refractivity contribution in [2.75, 3.05) is 5.32 Å². The van der Waals surface area contributed by atoms with Crippen LogP contribution in [0.25, 0.3) is 11.3 Å². The number of aryl methyl sites for hydroxylation is 2. The third kappa shape index (κ3) is 4.81. The molecule has 4 rings (SSSR count). The summed E-state index contributed by atoms with van der Waals surface area (Å²) in [5.74, 6) is 1.07. The molecule has 2 aliphatic rings. The van der Waals surface area contributed by atoms with Crippen molar-refractivity contribution in [1.29, 1.82) is 0 Å². The number of carbonyl (C=O) groups excluding carboxylic acids is 1. The fourth-order valence-corrected chi connectivity index (χ4v) is 5.38. The standard InChI is InChI=1S/C24H34N6O/c1-15-21(16(2)28-27-15)19-13-14-20(30-29-19)26-24(31)23(25)22(17-9-5-3-6-10-17)18-11-7-4-8-12-18/h13-14,17-18H,3-12,25H2,1-2H3,(H,27,28)(H,26,30,31). The molecule has 2 saturated carbocycles. The van der Waals surface area contributed by atoms with Crippen LogP contribution in [0.3, 0.4) is 0 Å². The Morgan fingerprint density at radius 1 is 0.968 bits per heavy atom. The average Bonchev–Trinajstić information content (AvgIpc) is 3.14. The maximum atomic E-state index is 13.1. The zero-order valence-electron chi connectivity index (χ0n) is 18.7. The lowest BCUT2D eigenvalue weighted by molar-refractivity contribution is -0.113. The van der Waals surface area contributed by atoms with E-state index in [-0.39, 0.29) is 5.91 Å². The van der Waals surface area contributed by atoms with Crippen molar-refractivity contribution in [2.45, 2.75) is 78.1 Å². The summed E-state index contributed by atoms with van der Waals surface area (Å²) in [5.41, 5.74) is 11.6. The van der Waals surface area contributed by atoms with Crippen molar-refractivity contribution in [1.82, 2.24) is 20.4 Å². The van der Waals surface area contributed by atoms with Crippen LogP contribution < -0.4 is 11.1 Å². The van der Waals surface area contributed by atoms with Crippen LogP contribution in [-0.4, -0.2) is 26.3 Å². The maximum absolute atomic E-state index is 13.1. The number of hydrogen-bond acceptors (Lipinski definition) is 5. The molecule has 0 radical (unpaired) electrons. The van der Waals surface area contributed by atoms with Gasteiger partial charge in [-0.25, -0.2) is 0 Å². The van der Waals surface area contributed by atoms with Gasteiger partial charge in [0.1, 0.15) is 0 Å². The van der Waals surface area contributed by atoms with Crippen LogP contribution in [0.2, 0.25) is 0 Å². The monoisotopic (exact) mass is 422 g/mol. The van der Waals surface area contributed by atoms with E-state index in [1.807, 2.05) is 19.9 Å². The van der Waals surface area contributed by atoms with Crippen LogP contribution in [0.4, 0.5) is 5.82 Å². The van der Waals surface area contributed by atoms with Crippen molar-refractivity contribution < 1.29 is 4.79 Å². The summed E-state index contributed by atoms with van der Waals surface area (Å²) in [6, 6.07) is 3.64. The minimum Gasteiger partial charge on any atom is -0.394 e. The van der Waals surface area contributed by atoms with Crippen molar-refractivity contribution in [3.8, 4) is 11.3 Å². The summed E-state index contributed by atoms with van der Waals surface area (Å²) >= 11 is 0. The van der Waals surface area contributed by atoms with Gasteiger partial charge in [0, 0.05) is 11.3 Å². The van der Waals surface area contributed by atoms with E-state index in [0.29, 0.717) is 23.4 Å². The van der Waals surface area contributed by atoms with Crippen molar-refractivity contribution in [3.05, 3.63) is 34.8 Å². The van der Waals surface area contributed by atoms with Crippen molar-refractivity contribution in [3.63, 3.8) is 0 Å². The number of rotatable bonds is 5. The van der Waals surface area contributed by atoms with Gasteiger partial charge < -0.3 is 11.1 Å². The quantitative estimate of drug-likeness (QED) is 0.600. The molecule has 2 heterocycles. The second-order valence-electron chi connectivity index (χ2n) is 9.11. The maximum Gasteiger partial charge on any atom is 0.272 e. The predicted molar refractivity (Wildman–Crippen MR) is 122 cm³/mol. The molecule has 31 heavy (non-hydrogen) atoms. The number of amides is 1. The largest absolute Gasteiger partial charge is 0.394 e. The summed E-state index contributed by atoms with van der Waals surface area (Å²) in [7, 11) is 0. The molecule has 2 aromatic heterocycles. The van der Waals surface area contributed by atoms with Crippen LogP contribution in [0.1, 0.15) is 75.6 Å². The number of anilines is 1. The van der Waals surface area contributed by atoms with Crippen LogP contribution >= 0.6 is 0 Å². The molecule has 4 N–H and O–H groups in total. The second-order valence-corrected chi connectivity index (χ2v) is 9.11. The Labute approximate surface area is 184 Å². The molecule has 0 unspecified atom stereocenters. The summed E-state index contributed by atoms with van der Waals surface area (Å²) < 4.78 is 0. The van der Waals surface area contributed by atoms with E-state index < -0.39 is 0 Å². The van der Waals surface area contributed by atoms with E-state index in [4.69, 9.17) is 5.73 Å². The highest BCUT2D eigenvalue weighted by Crippen LogP contribution is 2.40. The normalized spacial score (nSPS) is 18.0. The lowest BCUT2D eigenvalue weighted by Crippen LogP contribution is -2.29. The molecule has 2 aliphatic carbocycles. The Hall–Kier alpha value is -2.70. The zero-order valence-corrected chi connectivity index (χ0v) is 18.7. The van der Waals surface area contributed by atoms with Crippen molar-refractivity contribution in [2.24, 2.45) is 17.6 Å². The van der Waals surface area contributed by atoms with Gasteiger partial charge in [0.15, 0.2) is 5.82 Å². The fourth-order valence-electron chi connectivity index (χ4n) is 5.38. The smallest absolute Gasteiger partial charge is 0.272 e. The number of H-pyrrole nitrogens is 1. The Bertz CT molecular complexity index is 894. The first-order valence-corrected chi connectivity index (χ1v) is 11.7. The van der Waals surface area contributed by atoms with Gasteiger partial charge in [0.05, 0.1) is 17.1 Å². The summed E-state index contributed by atoms with van der Waals surface area (Å²) in [6.07, 6.45) is 12.1. The zero-order chi connectivity index (χ0) is 21.8. The Morgan fingerprint density at radius 2 is 1.58 bits per heavy atom. The molecule has 0 aliphatic heterocycles. The Morgan fingerprint density at radius 3 is 2.06 bits per heavy atom. The van der Waals surface area contributed by atoms with E-state index in [1.165, 1.54) is 44.1 Å². The average molecular weight is 423 g/mol. The van der Waals surface area contributed by atoms with Crippen LogP contribution in [0.5, 0.6) is 0 Å². The lowest BCUT2D eigenvalue weighted by Gasteiger charge is -2.33. The molecular formula is C24H34N6O. The fraction of sp³-hybridized carbons (Fsp3) is 0.583. The van der Waals surface area contributed by atoms with E-state index >= 15 is 0 Å². The first-order chi connectivity index (χ1) is 15.0. The van der Waals surface area contributed by atoms with Gasteiger partial charge in [-0.3, -0.25) is 9.89 Å². The van der Waals surface area contributed by atoms with Crippen LogP contribution in [-0.2, 0) is 4.79 Å². The van der Waals surface area contributed by atoms with E-state index in [0.717, 1.165) is 48.3 Å². The molecule has 166 valence electrons. The molecule has 2 fully saturated rings. The summed E-state index contributed by atoms with van der Waals surface area (Å²) in [4.78, 5) is 13.1. The number of aromatic nitrogens is 4. The summed E-state index contributed by atoms with van der Waals surface area (Å²) in [5, 5.41) is 18.6. The third-order valence-electron chi connectivity index (χ3n) is 6.94. The molecule has 1 amide bonds. The number of nitrogens with zero attached hydrogens (tertiary/aromatic N) is 3. The highest BCUT2D eigenvalue weighted by Gasteiger charge is 2.30. The van der Waals surface area contributed by atoms with E-state index in [2.05, 4.69) is 25.7 Å². The second kappa shape index (κ2) is 9.62. The molecular weight excluding hydrogens is 388 g/mol. The first kappa shape index (κ1) is 21.5. The van der Waals surface area contributed by atoms with Gasteiger partial charge in [-0.15, -0.1) is 10.2 Å². The predicted octanol–water partition coefficient (Wildman–Crippen LogP) is 4.80. The first-order valence-electron chi connectivity index (χ1n) is 11.7. The highest BCUT2D eigenvalue weighted by molar-refractivity contribution is 6.03. The SMILES string of the molecule is Cc1n[nH]c(C)c1-c1ccc(NC(=O)C(N)=C(C2CCCCC2)C2CCCCC2)nn1. The van der Waals surface area contributed by atoms with Gasteiger partial charge in [0.2, 0.25) is 0 Å². The number of carbonyl (C=O) groups is 1. The highest BCUT2D eigenvalue weighted by atomic mass is 16.2. The number of hydrogen-bond donors (Lipinski definition) is 3. The number of aromatic amines is 1. The van der Waals surface area contributed by atoms with Gasteiger partial charge in [0.25, 0.3) is 5.91 Å². The molecule has 0 bridgehead atoms. The van der Waals surface area contributed by atoms with Gasteiger partial charge in [-0.05, 0) is 69.1 Å². The Kier molecular flexibility index (Phi) is 6.68. The minimum atomic E-state index is -0.246. The van der Waals surface area contributed by atoms with Gasteiger partial charge in [-0.2, -0.15) is 5.10 Å². The van der Waals surface area contributed by atoms with Crippen LogP contribution in [0.15, 0.2) is 23.4 Å². The third-order valence-corrected chi connectivity index (χ3v) is 6.94. The Balaban J connectivity index is 1.54. The van der Waals surface area contributed by atoms with Crippen LogP contribution in [0, 0.1) is 25.7 Å². The molecule has 0 saturated heterocycles. The molecule has 0 atom stereocenters. The molecule has 0 aromatic carbocycles. The van der Waals surface area contributed by atoms with Gasteiger partial charge in [-0.1, -0.05) is 38.5 Å². The summed E-state index contributed by atoms with van der Waals surface area (Å²) in [6.45, 7) is 3.88. The van der Waals surface area contributed by atoms with Gasteiger partial charge >= 0.3 is 0 Å². The minimum absolute atomic E-state index is 0.246. The molecule has 2 aromatic rings. The van der Waals surface area contributed by atoms with Crippen molar-refractivity contribution >= 4 is 11.7 Å². The molecule has 7 heteroatoms. The molecule has 7 nitrogen and oxygen atoms in total. The topological polar surface area (TPSA) is 110 Å². The van der Waals surface area contributed by atoms with E-state index in [1.54, 1.807) is 6.07 Å². The number of nitrogens with one attached hydrogen (secondary N) is 2. The lowest BCUT2D eigenvalue weighted by atomic mass is 9.73. The van der Waals surface area contributed by atoms with E-state index in [9.17, 15) is 4.79 Å². The number of allylic oxidation sites excluding steroid dienone is 1. The molecule has 0 spiro atoms.